The van der Waals surface area contributed by atoms with Gasteiger partial charge in [0.25, 0.3) is 12.0 Å². The van der Waals surface area contributed by atoms with Crippen LogP contribution in [-0.4, -0.2) is 28.1 Å². The maximum absolute atomic E-state index is 12.7. The first kappa shape index (κ1) is 15.5. The standard InChI is InChI=1S/C14H18F2N2O3/c1-14(2,3)21-13(20)18-5-4-8-6-9(11(15)16)12(19)17-10(8)7-18/h6,11H,4-5,7H2,1-3H3,(H,17,19). The van der Waals surface area contributed by atoms with Crippen LogP contribution in [0.25, 0.3) is 0 Å². The summed E-state index contributed by atoms with van der Waals surface area (Å²) in [7, 11) is 0. The maximum atomic E-state index is 12.7. The van der Waals surface area contributed by atoms with E-state index >= 15 is 0 Å². The number of aromatic nitrogens is 1. The SMILES string of the molecule is CC(C)(C)OC(=O)N1CCc2cc(C(F)F)c(=O)[nH]c2C1. The maximum Gasteiger partial charge on any atom is 0.410 e. The number of carbonyl (C=O) groups is 1. The number of pyridine rings is 1. The Morgan fingerprint density at radius 1 is 1.43 bits per heavy atom. The molecule has 0 saturated heterocycles. The Morgan fingerprint density at radius 3 is 2.67 bits per heavy atom. The van der Waals surface area contributed by atoms with Gasteiger partial charge in [-0.25, -0.2) is 13.6 Å². The van der Waals surface area contributed by atoms with Gasteiger partial charge in [-0.05, 0) is 38.8 Å². The third-order valence-corrected chi connectivity index (χ3v) is 3.13. The number of halogens is 2. The molecule has 0 atom stereocenters. The normalized spacial score (nSPS) is 15.0. The summed E-state index contributed by atoms with van der Waals surface area (Å²) in [5, 5.41) is 0. The van der Waals surface area contributed by atoms with Crippen LogP contribution in [0.2, 0.25) is 0 Å². The van der Waals surface area contributed by atoms with Gasteiger partial charge in [0, 0.05) is 12.2 Å². The number of carbonyl (C=O) groups excluding carboxylic acids is 1. The molecular formula is C14H18F2N2O3. The quantitative estimate of drug-likeness (QED) is 0.867. The summed E-state index contributed by atoms with van der Waals surface area (Å²) in [5.41, 5.74) is -0.815. The van der Waals surface area contributed by atoms with E-state index < -0.39 is 29.2 Å². The zero-order valence-electron chi connectivity index (χ0n) is 12.2. The van der Waals surface area contributed by atoms with E-state index in [0.717, 1.165) is 0 Å². The number of alkyl halides is 2. The molecule has 0 unspecified atom stereocenters. The smallest absolute Gasteiger partial charge is 0.410 e. The molecule has 0 saturated carbocycles. The van der Waals surface area contributed by atoms with Crippen molar-refractivity contribution in [2.45, 2.75) is 45.8 Å². The van der Waals surface area contributed by atoms with Crippen molar-refractivity contribution >= 4 is 6.09 Å². The van der Waals surface area contributed by atoms with Crippen molar-refractivity contribution in [3.05, 3.63) is 33.2 Å². The summed E-state index contributed by atoms with van der Waals surface area (Å²) in [4.78, 5) is 27.4. The van der Waals surface area contributed by atoms with Crippen LogP contribution in [0.3, 0.4) is 0 Å². The molecule has 0 radical (unpaired) electrons. The van der Waals surface area contributed by atoms with Gasteiger partial charge in [0.1, 0.15) is 5.60 Å². The minimum atomic E-state index is -2.80. The highest BCUT2D eigenvalue weighted by Gasteiger charge is 2.27. The first-order valence-corrected chi connectivity index (χ1v) is 6.68. The molecule has 0 bridgehead atoms. The highest BCUT2D eigenvalue weighted by atomic mass is 19.3. The summed E-state index contributed by atoms with van der Waals surface area (Å²) in [5.74, 6) is 0. The summed E-state index contributed by atoms with van der Waals surface area (Å²) < 4.78 is 30.6. The Balaban J connectivity index is 2.20. The molecule has 0 aromatic carbocycles. The number of aromatic amines is 1. The predicted molar refractivity (Wildman–Crippen MR) is 72.4 cm³/mol. The number of rotatable bonds is 1. The third kappa shape index (κ3) is 3.59. The highest BCUT2D eigenvalue weighted by molar-refractivity contribution is 5.68. The number of hydrogen-bond acceptors (Lipinski definition) is 3. The first-order valence-electron chi connectivity index (χ1n) is 6.68. The van der Waals surface area contributed by atoms with Gasteiger partial charge < -0.3 is 14.6 Å². The number of ether oxygens (including phenoxy) is 1. The summed E-state index contributed by atoms with van der Waals surface area (Å²) in [6.07, 6.45) is -2.87. The number of amides is 1. The summed E-state index contributed by atoms with van der Waals surface area (Å²) in [6, 6.07) is 1.23. The molecule has 21 heavy (non-hydrogen) atoms. The number of hydrogen-bond donors (Lipinski definition) is 1. The van der Waals surface area contributed by atoms with Gasteiger partial charge in [-0.2, -0.15) is 0 Å². The van der Waals surface area contributed by atoms with Crippen LogP contribution >= 0.6 is 0 Å². The Kier molecular flexibility index (Phi) is 4.02. The fraction of sp³-hybridized carbons (Fsp3) is 0.571. The molecule has 1 amide bonds. The molecule has 1 N–H and O–H groups in total. The van der Waals surface area contributed by atoms with Crippen LogP contribution in [0, 0.1) is 0 Å². The van der Waals surface area contributed by atoms with E-state index in [9.17, 15) is 18.4 Å². The van der Waals surface area contributed by atoms with Crippen LogP contribution in [0.5, 0.6) is 0 Å². The van der Waals surface area contributed by atoms with E-state index in [1.807, 2.05) is 0 Å². The first-order chi connectivity index (χ1) is 9.67. The predicted octanol–water partition coefficient (Wildman–Crippen LogP) is 2.61. The lowest BCUT2D eigenvalue weighted by Crippen LogP contribution is -2.41. The van der Waals surface area contributed by atoms with Gasteiger partial charge >= 0.3 is 6.09 Å². The molecule has 2 rings (SSSR count). The van der Waals surface area contributed by atoms with Gasteiger partial charge in [0.15, 0.2) is 0 Å². The number of nitrogens with zero attached hydrogens (tertiary/aromatic N) is 1. The molecule has 0 spiro atoms. The fourth-order valence-electron chi connectivity index (χ4n) is 2.16. The second-order valence-electron chi connectivity index (χ2n) is 6.01. The van der Waals surface area contributed by atoms with Crippen molar-refractivity contribution in [1.29, 1.82) is 0 Å². The van der Waals surface area contributed by atoms with Gasteiger partial charge in [0.05, 0.1) is 12.1 Å². The van der Waals surface area contributed by atoms with Crippen molar-refractivity contribution in [3.63, 3.8) is 0 Å². The average Bonchev–Trinajstić information content (AvgIpc) is 2.34. The van der Waals surface area contributed by atoms with E-state index in [0.29, 0.717) is 24.2 Å². The zero-order valence-corrected chi connectivity index (χ0v) is 12.2. The van der Waals surface area contributed by atoms with Gasteiger partial charge in [-0.15, -0.1) is 0 Å². The van der Waals surface area contributed by atoms with Gasteiger partial charge in [-0.1, -0.05) is 0 Å². The second kappa shape index (κ2) is 5.46. The molecular weight excluding hydrogens is 282 g/mol. The van der Waals surface area contributed by atoms with Crippen LogP contribution in [0.15, 0.2) is 10.9 Å². The lowest BCUT2D eigenvalue weighted by atomic mass is 10.0. The Bertz CT molecular complexity index is 605. The van der Waals surface area contributed by atoms with Crippen LogP contribution in [-0.2, 0) is 17.7 Å². The molecule has 5 nitrogen and oxygen atoms in total. The molecule has 1 aromatic heterocycles. The Labute approximate surface area is 120 Å². The number of fused-ring (bicyclic) bond motifs is 1. The van der Waals surface area contributed by atoms with E-state index in [1.54, 1.807) is 20.8 Å². The van der Waals surface area contributed by atoms with Crippen LogP contribution in [0.4, 0.5) is 13.6 Å². The monoisotopic (exact) mass is 300 g/mol. The molecule has 2 heterocycles. The summed E-state index contributed by atoms with van der Waals surface area (Å²) in [6.45, 7) is 5.82. The molecule has 0 fully saturated rings. The van der Waals surface area contributed by atoms with Crippen molar-refractivity contribution in [2.75, 3.05) is 6.54 Å². The van der Waals surface area contributed by atoms with Crippen molar-refractivity contribution in [2.24, 2.45) is 0 Å². The molecule has 0 aliphatic carbocycles. The highest BCUT2D eigenvalue weighted by Crippen LogP contribution is 2.22. The Morgan fingerprint density at radius 2 is 2.10 bits per heavy atom. The minimum Gasteiger partial charge on any atom is -0.444 e. The Hall–Kier alpha value is -1.92. The average molecular weight is 300 g/mol. The number of H-pyrrole nitrogens is 1. The summed E-state index contributed by atoms with van der Waals surface area (Å²) >= 11 is 0. The second-order valence-corrected chi connectivity index (χ2v) is 6.01. The van der Waals surface area contributed by atoms with E-state index in [4.69, 9.17) is 4.74 Å². The topological polar surface area (TPSA) is 62.4 Å². The van der Waals surface area contributed by atoms with Gasteiger partial charge in [-0.3, -0.25) is 4.79 Å². The van der Waals surface area contributed by atoms with Gasteiger partial charge in [0.2, 0.25) is 0 Å². The fourth-order valence-corrected chi connectivity index (χ4v) is 2.16. The minimum absolute atomic E-state index is 0.156. The number of nitrogens with one attached hydrogen (secondary N) is 1. The third-order valence-electron chi connectivity index (χ3n) is 3.13. The van der Waals surface area contributed by atoms with Crippen LogP contribution in [0.1, 0.15) is 44.0 Å². The molecule has 1 aromatic rings. The van der Waals surface area contributed by atoms with Crippen molar-refractivity contribution in [1.82, 2.24) is 9.88 Å². The van der Waals surface area contributed by atoms with E-state index in [2.05, 4.69) is 4.98 Å². The lowest BCUT2D eigenvalue weighted by Gasteiger charge is -2.31. The van der Waals surface area contributed by atoms with Crippen molar-refractivity contribution in [3.8, 4) is 0 Å². The lowest BCUT2D eigenvalue weighted by molar-refractivity contribution is 0.0220. The van der Waals surface area contributed by atoms with E-state index in [1.165, 1.54) is 11.0 Å². The molecule has 1 aliphatic heterocycles. The molecule has 7 heteroatoms. The van der Waals surface area contributed by atoms with Crippen molar-refractivity contribution < 1.29 is 18.3 Å². The zero-order chi connectivity index (χ0) is 15.8. The molecule has 116 valence electrons. The largest absolute Gasteiger partial charge is 0.444 e. The van der Waals surface area contributed by atoms with Crippen LogP contribution < -0.4 is 5.56 Å². The van der Waals surface area contributed by atoms with E-state index in [-0.39, 0.29) is 6.54 Å². The molecule has 1 aliphatic rings.